The van der Waals surface area contributed by atoms with Gasteiger partial charge in [0.2, 0.25) is 0 Å². The van der Waals surface area contributed by atoms with Crippen molar-refractivity contribution in [2.75, 3.05) is 18.4 Å². The van der Waals surface area contributed by atoms with E-state index < -0.39 is 0 Å². The molecule has 1 saturated heterocycles. The molecule has 1 aliphatic rings. The molecule has 3 aromatic rings. The molecule has 1 aromatic heterocycles. The van der Waals surface area contributed by atoms with E-state index in [2.05, 4.69) is 73.5 Å². The van der Waals surface area contributed by atoms with Crippen LogP contribution in [0.5, 0.6) is 0 Å². The minimum Gasteiger partial charge on any atom is -0.372 e. The lowest BCUT2D eigenvalue weighted by Gasteiger charge is -2.36. The van der Waals surface area contributed by atoms with Gasteiger partial charge in [-0.25, -0.2) is 4.98 Å². The zero-order valence-electron chi connectivity index (χ0n) is 15.7. The maximum Gasteiger partial charge on any atom is 0.173 e. The minimum atomic E-state index is 0.193. The van der Waals surface area contributed by atoms with Crippen molar-refractivity contribution in [1.82, 2.24) is 9.88 Å². The van der Waals surface area contributed by atoms with Gasteiger partial charge in [-0.05, 0) is 75.0 Å². The SMILES string of the molecule is Cc1ccc2nc(-c3ccc(NC(=S)N4C[C@@H](C)O[C@H](C)C4)cc3)sc2c1. The molecule has 4 nitrogen and oxygen atoms in total. The number of hydrogen-bond donors (Lipinski definition) is 1. The van der Waals surface area contributed by atoms with Gasteiger partial charge in [0.1, 0.15) is 5.01 Å². The van der Waals surface area contributed by atoms with E-state index in [1.54, 1.807) is 11.3 Å². The third kappa shape index (κ3) is 4.13. The lowest BCUT2D eigenvalue weighted by Crippen LogP contribution is -2.49. The number of morpholine rings is 1. The number of fused-ring (bicyclic) bond motifs is 1. The second-order valence-corrected chi connectivity index (χ2v) is 8.58. The van der Waals surface area contributed by atoms with Crippen molar-refractivity contribution < 1.29 is 4.74 Å². The number of nitrogens with zero attached hydrogens (tertiary/aromatic N) is 2. The molecule has 0 saturated carbocycles. The first kappa shape index (κ1) is 18.3. The van der Waals surface area contributed by atoms with E-state index in [-0.39, 0.29) is 12.2 Å². The number of benzene rings is 2. The van der Waals surface area contributed by atoms with Crippen LogP contribution >= 0.6 is 23.6 Å². The predicted molar refractivity (Wildman–Crippen MR) is 118 cm³/mol. The summed E-state index contributed by atoms with van der Waals surface area (Å²) in [6, 6.07) is 14.7. The van der Waals surface area contributed by atoms with Crippen molar-refractivity contribution in [3.63, 3.8) is 0 Å². The van der Waals surface area contributed by atoms with E-state index in [1.165, 1.54) is 10.3 Å². The maximum absolute atomic E-state index is 5.78. The third-order valence-electron chi connectivity index (χ3n) is 4.63. The Morgan fingerprint density at radius 1 is 1.15 bits per heavy atom. The van der Waals surface area contributed by atoms with Crippen LogP contribution in [0, 0.1) is 6.92 Å². The van der Waals surface area contributed by atoms with Crippen molar-refractivity contribution in [2.24, 2.45) is 0 Å². The van der Waals surface area contributed by atoms with Crippen LogP contribution in [-0.2, 0) is 4.74 Å². The van der Waals surface area contributed by atoms with Crippen molar-refractivity contribution in [3.05, 3.63) is 48.0 Å². The van der Waals surface area contributed by atoms with Crippen LogP contribution in [0.3, 0.4) is 0 Å². The molecule has 0 aliphatic carbocycles. The smallest absolute Gasteiger partial charge is 0.173 e. The average Bonchev–Trinajstić information content (AvgIpc) is 3.04. The van der Waals surface area contributed by atoms with Crippen LogP contribution < -0.4 is 5.32 Å². The van der Waals surface area contributed by atoms with Gasteiger partial charge in [0.25, 0.3) is 0 Å². The van der Waals surface area contributed by atoms with Crippen molar-refractivity contribution in [3.8, 4) is 10.6 Å². The predicted octanol–water partition coefficient (Wildman–Crippen LogP) is 5.08. The Hall–Kier alpha value is -2.02. The fraction of sp³-hybridized carbons (Fsp3) is 0.333. The molecule has 1 N–H and O–H groups in total. The second-order valence-electron chi connectivity index (χ2n) is 7.16. The van der Waals surface area contributed by atoms with E-state index in [9.17, 15) is 0 Å². The number of anilines is 1. The molecule has 0 amide bonds. The molecule has 6 heteroatoms. The molecule has 0 spiro atoms. The molecule has 0 radical (unpaired) electrons. The lowest BCUT2D eigenvalue weighted by atomic mass is 10.2. The summed E-state index contributed by atoms with van der Waals surface area (Å²) in [7, 11) is 0. The highest BCUT2D eigenvalue weighted by atomic mass is 32.1. The van der Waals surface area contributed by atoms with Gasteiger partial charge in [-0.1, -0.05) is 6.07 Å². The summed E-state index contributed by atoms with van der Waals surface area (Å²) >= 11 is 7.32. The average molecular weight is 398 g/mol. The molecule has 2 atom stereocenters. The Morgan fingerprint density at radius 2 is 1.85 bits per heavy atom. The minimum absolute atomic E-state index is 0.193. The summed E-state index contributed by atoms with van der Waals surface area (Å²) < 4.78 is 7.00. The highest BCUT2D eigenvalue weighted by molar-refractivity contribution is 7.80. The highest BCUT2D eigenvalue weighted by Gasteiger charge is 2.23. The highest BCUT2D eigenvalue weighted by Crippen LogP contribution is 2.31. The van der Waals surface area contributed by atoms with Gasteiger partial charge in [0.05, 0.1) is 22.4 Å². The van der Waals surface area contributed by atoms with Crippen molar-refractivity contribution >= 4 is 44.6 Å². The van der Waals surface area contributed by atoms with Gasteiger partial charge in [-0.15, -0.1) is 11.3 Å². The van der Waals surface area contributed by atoms with Crippen LogP contribution in [0.2, 0.25) is 0 Å². The monoisotopic (exact) mass is 397 g/mol. The first-order valence-electron chi connectivity index (χ1n) is 9.17. The lowest BCUT2D eigenvalue weighted by molar-refractivity contribution is -0.0473. The standard InChI is InChI=1S/C21H23N3OS2/c1-13-4-9-18-19(10-13)27-20(23-18)16-5-7-17(8-6-16)22-21(26)24-11-14(2)25-15(3)12-24/h4-10,14-15H,11-12H2,1-3H3,(H,22,26)/t14-,15-/m1/s1. The van der Waals surface area contributed by atoms with E-state index >= 15 is 0 Å². The molecule has 27 heavy (non-hydrogen) atoms. The fourth-order valence-corrected chi connectivity index (χ4v) is 4.73. The molecule has 0 bridgehead atoms. The maximum atomic E-state index is 5.78. The molecule has 1 aliphatic heterocycles. The Bertz CT molecular complexity index is 957. The summed E-state index contributed by atoms with van der Waals surface area (Å²) in [5, 5.41) is 5.14. The van der Waals surface area contributed by atoms with Crippen LogP contribution in [0.15, 0.2) is 42.5 Å². The first-order valence-corrected chi connectivity index (χ1v) is 10.4. The number of aryl methyl sites for hydroxylation is 1. The van der Waals surface area contributed by atoms with Crippen LogP contribution in [0.1, 0.15) is 19.4 Å². The summed E-state index contributed by atoms with van der Waals surface area (Å²) in [6.07, 6.45) is 0.386. The zero-order valence-corrected chi connectivity index (χ0v) is 17.4. The quantitative estimate of drug-likeness (QED) is 0.611. The Kier molecular flexibility index (Phi) is 5.12. The van der Waals surface area contributed by atoms with Crippen LogP contribution in [0.4, 0.5) is 5.69 Å². The number of nitrogens with one attached hydrogen (secondary N) is 1. The fourth-order valence-electron chi connectivity index (χ4n) is 3.40. The molecule has 0 unspecified atom stereocenters. The Morgan fingerprint density at radius 3 is 2.56 bits per heavy atom. The van der Waals surface area contributed by atoms with Gasteiger partial charge in [0, 0.05) is 24.3 Å². The molecule has 2 heterocycles. The largest absolute Gasteiger partial charge is 0.372 e. The van der Waals surface area contributed by atoms with Crippen LogP contribution in [-0.4, -0.2) is 40.3 Å². The normalized spacial score (nSPS) is 20.0. The molecule has 2 aromatic carbocycles. The van der Waals surface area contributed by atoms with Crippen molar-refractivity contribution in [2.45, 2.75) is 33.0 Å². The van der Waals surface area contributed by atoms with Gasteiger partial charge >= 0.3 is 0 Å². The summed E-state index contributed by atoms with van der Waals surface area (Å²) in [6.45, 7) is 7.91. The zero-order chi connectivity index (χ0) is 19.0. The third-order valence-corrected chi connectivity index (χ3v) is 6.06. The molecule has 140 valence electrons. The number of ether oxygens (including phenoxy) is 1. The van der Waals surface area contributed by atoms with E-state index in [4.69, 9.17) is 21.9 Å². The molecular weight excluding hydrogens is 374 g/mol. The second kappa shape index (κ2) is 7.54. The van der Waals surface area contributed by atoms with Gasteiger partial charge in [-0.2, -0.15) is 0 Å². The van der Waals surface area contributed by atoms with Gasteiger partial charge in [-0.3, -0.25) is 0 Å². The van der Waals surface area contributed by atoms with Crippen molar-refractivity contribution in [1.29, 1.82) is 0 Å². The van der Waals surface area contributed by atoms with Gasteiger partial charge in [0.15, 0.2) is 5.11 Å². The van der Waals surface area contributed by atoms with E-state index in [0.717, 1.165) is 40.0 Å². The molecule has 4 rings (SSSR count). The topological polar surface area (TPSA) is 37.4 Å². The summed E-state index contributed by atoms with van der Waals surface area (Å²) in [4.78, 5) is 6.93. The number of thiazole rings is 1. The number of hydrogen-bond acceptors (Lipinski definition) is 4. The summed E-state index contributed by atoms with van der Waals surface area (Å²) in [5.74, 6) is 0. The van der Waals surface area contributed by atoms with E-state index in [1.807, 2.05) is 0 Å². The number of aromatic nitrogens is 1. The molecular formula is C21H23N3OS2. The molecule has 1 fully saturated rings. The Labute approximate surface area is 169 Å². The number of thiocarbonyl (C=S) groups is 1. The first-order chi connectivity index (χ1) is 13.0. The van der Waals surface area contributed by atoms with Crippen LogP contribution in [0.25, 0.3) is 20.8 Å². The summed E-state index contributed by atoms with van der Waals surface area (Å²) in [5.41, 5.74) is 4.43. The number of rotatable bonds is 2. The Balaban J connectivity index is 1.47. The van der Waals surface area contributed by atoms with Gasteiger partial charge < -0.3 is 15.0 Å². The van der Waals surface area contributed by atoms with E-state index in [0.29, 0.717) is 0 Å².